The first kappa shape index (κ1) is 20.8. The molecule has 2 aromatic carbocycles. The number of ether oxygens (including phenoxy) is 1. The molecule has 0 fully saturated rings. The number of rotatable bonds is 7. The molecule has 6 heteroatoms. The van der Waals surface area contributed by atoms with Crippen LogP contribution in [0.4, 0.5) is 13.2 Å². The van der Waals surface area contributed by atoms with Crippen molar-refractivity contribution in [3.05, 3.63) is 64.7 Å². The fraction of sp³-hybridized carbons (Fsp3) is 0.381. The molecule has 0 heterocycles. The minimum Gasteiger partial charge on any atom is -0.405 e. The normalized spacial score (nSPS) is 11.5. The molecule has 0 unspecified atom stereocenters. The zero-order valence-corrected chi connectivity index (χ0v) is 15.7. The molecule has 0 aliphatic heterocycles. The fourth-order valence-electron chi connectivity index (χ4n) is 2.69. The smallest absolute Gasteiger partial charge is 0.405 e. The van der Waals surface area contributed by atoms with Crippen molar-refractivity contribution in [1.29, 1.82) is 0 Å². The Hall–Kier alpha value is -2.50. The Bertz CT molecular complexity index is 785. The average molecular weight is 379 g/mol. The lowest BCUT2D eigenvalue weighted by Crippen LogP contribution is -2.25. The highest BCUT2D eigenvalue weighted by Crippen LogP contribution is 2.28. The van der Waals surface area contributed by atoms with Crippen molar-refractivity contribution < 1.29 is 22.7 Å². The summed E-state index contributed by atoms with van der Waals surface area (Å²) in [5, 5.41) is 2.88. The van der Waals surface area contributed by atoms with E-state index in [0.717, 1.165) is 17.5 Å². The summed E-state index contributed by atoms with van der Waals surface area (Å²) in [5.41, 5.74) is 2.66. The third-order valence-corrected chi connectivity index (χ3v) is 4.19. The summed E-state index contributed by atoms with van der Waals surface area (Å²) in [5.74, 6) is 0.152. The van der Waals surface area contributed by atoms with E-state index in [0.29, 0.717) is 23.6 Å². The number of nitrogens with one attached hydrogen (secondary N) is 1. The monoisotopic (exact) mass is 379 g/mol. The first-order chi connectivity index (χ1) is 12.7. The number of halogens is 3. The molecule has 0 saturated heterocycles. The topological polar surface area (TPSA) is 38.3 Å². The van der Waals surface area contributed by atoms with Crippen molar-refractivity contribution in [1.82, 2.24) is 5.32 Å². The number of para-hydroxylation sites is 1. The Morgan fingerprint density at radius 2 is 1.81 bits per heavy atom. The summed E-state index contributed by atoms with van der Waals surface area (Å²) in [6.07, 6.45) is -3.55. The van der Waals surface area contributed by atoms with Gasteiger partial charge in [-0.15, -0.1) is 13.2 Å². The van der Waals surface area contributed by atoms with Crippen LogP contribution < -0.4 is 10.1 Å². The molecule has 0 aromatic heterocycles. The number of carbonyl (C=O) groups is 1. The van der Waals surface area contributed by atoms with Crippen molar-refractivity contribution in [3.8, 4) is 5.75 Å². The Labute approximate surface area is 157 Å². The molecule has 0 spiro atoms. The molecule has 0 aliphatic rings. The molecule has 27 heavy (non-hydrogen) atoms. The van der Waals surface area contributed by atoms with Gasteiger partial charge in [0.25, 0.3) is 5.91 Å². The molecule has 0 bridgehead atoms. The van der Waals surface area contributed by atoms with Crippen molar-refractivity contribution >= 4 is 5.91 Å². The second-order valence-corrected chi connectivity index (χ2v) is 6.91. The van der Waals surface area contributed by atoms with Crippen LogP contribution in [-0.2, 0) is 6.42 Å². The maximum absolute atomic E-state index is 12.6. The molecule has 146 valence electrons. The van der Waals surface area contributed by atoms with Gasteiger partial charge in [0, 0.05) is 18.5 Å². The standard InChI is InChI=1S/C21H24F3NO2/c1-14(2)10-11-25-20(26)18-9-8-16(15(3)12-18)13-17-6-4-5-7-19(17)27-21(22,23)24/h4-9,12,14H,10-11,13H2,1-3H3,(H,25,26). The van der Waals surface area contributed by atoms with E-state index in [4.69, 9.17) is 0 Å². The van der Waals surface area contributed by atoms with Crippen LogP contribution in [0.2, 0.25) is 0 Å². The lowest BCUT2D eigenvalue weighted by atomic mass is 9.98. The van der Waals surface area contributed by atoms with Gasteiger partial charge in [0.15, 0.2) is 0 Å². The molecule has 1 amide bonds. The lowest BCUT2D eigenvalue weighted by molar-refractivity contribution is -0.274. The Kier molecular flexibility index (Phi) is 6.88. The van der Waals surface area contributed by atoms with Gasteiger partial charge in [-0.05, 0) is 54.2 Å². The SMILES string of the molecule is Cc1cc(C(=O)NCCC(C)C)ccc1Cc1ccccc1OC(F)(F)F. The molecular formula is C21H24F3NO2. The number of hydrogen-bond acceptors (Lipinski definition) is 2. The van der Waals surface area contributed by atoms with E-state index in [-0.39, 0.29) is 18.1 Å². The number of amides is 1. The van der Waals surface area contributed by atoms with Crippen LogP contribution in [0.1, 0.15) is 47.3 Å². The second kappa shape index (κ2) is 8.93. The van der Waals surface area contributed by atoms with Crippen LogP contribution in [0.15, 0.2) is 42.5 Å². The highest BCUT2D eigenvalue weighted by molar-refractivity contribution is 5.94. The van der Waals surface area contributed by atoms with Crippen molar-refractivity contribution in [2.45, 2.75) is 40.0 Å². The van der Waals surface area contributed by atoms with Gasteiger partial charge in [-0.25, -0.2) is 0 Å². The van der Waals surface area contributed by atoms with Crippen LogP contribution in [0.5, 0.6) is 5.75 Å². The van der Waals surface area contributed by atoms with Crippen LogP contribution in [0.25, 0.3) is 0 Å². The number of benzene rings is 2. The zero-order chi connectivity index (χ0) is 20.0. The Morgan fingerprint density at radius 1 is 1.11 bits per heavy atom. The first-order valence-electron chi connectivity index (χ1n) is 8.87. The van der Waals surface area contributed by atoms with Crippen LogP contribution in [-0.4, -0.2) is 18.8 Å². The average Bonchev–Trinajstić information content (AvgIpc) is 2.56. The second-order valence-electron chi connectivity index (χ2n) is 6.91. The first-order valence-corrected chi connectivity index (χ1v) is 8.87. The molecule has 3 nitrogen and oxygen atoms in total. The molecule has 0 radical (unpaired) electrons. The number of carbonyl (C=O) groups excluding carboxylic acids is 1. The lowest BCUT2D eigenvalue weighted by Gasteiger charge is -2.14. The Morgan fingerprint density at radius 3 is 2.44 bits per heavy atom. The van der Waals surface area contributed by atoms with E-state index in [9.17, 15) is 18.0 Å². The summed E-state index contributed by atoms with van der Waals surface area (Å²) in [6, 6.07) is 11.3. The van der Waals surface area contributed by atoms with Crippen LogP contribution >= 0.6 is 0 Å². The fourth-order valence-corrected chi connectivity index (χ4v) is 2.69. The van der Waals surface area contributed by atoms with Gasteiger partial charge in [0.1, 0.15) is 5.75 Å². The van der Waals surface area contributed by atoms with Crippen LogP contribution in [0, 0.1) is 12.8 Å². The van der Waals surface area contributed by atoms with Crippen LogP contribution in [0.3, 0.4) is 0 Å². The molecule has 2 rings (SSSR count). The number of alkyl halides is 3. The summed E-state index contributed by atoms with van der Waals surface area (Å²) < 4.78 is 41.8. The largest absolute Gasteiger partial charge is 0.573 e. The third-order valence-electron chi connectivity index (χ3n) is 4.19. The van der Waals surface area contributed by atoms with E-state index in [2.05, 4.69) is 23.9 Å². The predicted octanol–water partition coefficient (Wildman–Crippen LogP) is 5.26. The summed E-state index contributed by atoms with van der Waals surface area (Å²) >= 11 is 0. The quantitative estimate of drug-likeness (QED) is 0.713. The Balaban J connectivity index is 2.12. The summed E-state index contributed by atoms with van der Waals surface area (Å²) in [4.78, 5) is 12.2. The molecular weight excluding hydrogens is 355 g/mol. The van der Waals surface area contributed by atoms with Crippen molar-refractivity contribution in [2.24, 2.45) is 5.92 Å². The zero-order valence-electron chi connectivity index (χ0n) is 15.7. The van der Waals surface area contributed by atoms with Gasteiger partial charge in [-0.3, -0.25) is 4.79 Å². The molecule has 1 N–H and O–H groups in total. The highest BCUT2D eigenvalue weighted by atomic mass is 19.4. The van der Waals surface area contributed by atoms with Gasteiger partial charge < -0.3 is 10.1 Å². The van der Waals surface area contributed by atoms with Crippen molar-refractivity contribution in [3.63, 3.8) is 0 Å². The molecule has 0 atom stereocenters. The molecule has 0 aliphatic carbocycles. The molecule has 0 saturated carbocycles. The summed E-state index contributed by atoms with van der Waals surface area (Å²) in [7, 11) is 0. The third kappa shape index (κ3) is 6.62. The van der Waals surface area contributed by atoms with E-state index in [1.807, 2.05) is 6.92 Å². The van der Waals surface area contributed by atoms with E-state index >= 15 is 0 Å². The predicted molar refractivity (Wildman–Crippen MR) is 98.9 cm³/mol. The highest BCUT2D eigenvalue weighted by Gasteiger charge is 2.32. The van der Waals surface area contributed by atoms with E-state index in [1.54, 1.807) is 30.3 Å². The molecule has 2 aromatic rings. The van der Waals surface area contributed by atoms with Gasteiger partial charge in [-0.2, -0.15) is 0 Å². The van der Waals surface area contributed by atoms with Gasteiger partial charge in [0.2, 0.25) is 0 Å². The number of aryl methyl sites for hydroxylation is 1. The maximum Gasteiger partial charge on any atom is 0.573 e. The van der Waals surface area contributed by atoms with Gasteiger partial charge in [-0.1, -0.05) is 38.1 Å². The van der Waals surface area contributed by atoms with Gasteiger partial charge in [0.05, 0.1) is 0 Å². The number of hydrogen-bond donors (Lipinski definition) is 1. The van der Waals surface area contributed by atoms with Gasteiger partial charge >= 0.3 is 6.36 Å². The van der Waals surface area contributed by atoms with E-state index in [1.165, 1.54) is 12.1 Å². The van der Waals surface area contributed by atoms with E-state index < -0.39 is 6.36 Å². The minimum absolute atomic E-state index is 0.147. The van der Waals surface area contributed by atoms with Crippen molar-refractivity contribution in [2.75, 3.05) is 6.54 Å². The summed E-state index contributed by atoms with van der Waals surface area (Å²) in [6.45, 7) is 6.63. The maximum atomic E-state index is 12.6. The minimum atomic E-state index is -4.73.